The zero-order valence-corrected chi connectivity index (χ0v) is 13.7. The molecule has 1 aromatic rings. The SMILES string of the molecule is CC(O)C1CCN(S(=O)(=O)c2ccc(Br)c(N)c2)CC1. The molecule has 1 fully saturated rings. The first-order valence-electron chi connectivity index (χ1n) is 6.55. The summed E-state index contributed by atoms with van der Waals surface area (Å²) in [5.74, 6) is 0.177. The van der Waals surface area contributed by atoms with Gasteiger partial charge in [0.2, 0.25) is 10.0 Å². The summed E-state index contributed by atoms with van der Waals surface area (Å²) in [6.45, 7) is 2.63. The first-order chi connectivity index (χ1) is 9.32. The molecule has 0 bridgehead atoms. The van der Waals surface area contributed by atoms with Gasteiger partial charge in [0.1, 0.15) is 0 Å². The fraction of sp³-hybridized carbons (Fsp3) is 0.538. The van der Waals surface area contributed by atoms with Gasteiger partial charge in [-0.05, 0) is 59.8 Å². The van der Waals surface area contributed by atoms with E-state index >= 15 is 0 Å². The molecule has 1 aliphatic rings. The normalized spacial score (nSPS) is 19.9. The predicted molar refractivity (Wildman–Crippen MR) is 81.7 cm³/mol. The summed E-state index contributed by atoms with van der Waals surface area (Å²) in [6, 6.07) is 4.67. The van der Waals surface area contributed by atoms with Crippen LogP contribution in [0.4, 0.5) is 5.69 Å². The molecule has 0 saturated carbocycles. The Labute approximate surface area is 128 Å². The number of sulfonamides is 1. The lowest BCUT2D eigenvalue weighted by atomic mass is 9.93. The van der Waals surface area contributed by atoms with Gasteiger partial charge in [0.05, 0.1) is 11.0 Å². The number of nitrogens with two attached hydrogens (primary N) is 1. The summed E-state index contributed by atoms with van der Waals surface area (Å²) in [6.07, 6.45) is 0.981. The van der Waals surface area contributed by atoms with Gasteiger partial charge < -0.3 is 10.8 Å². The highest BCUT2D eigenvalue weighted by molar-refractivity contribution is 9.10. The molecule has 0 radical (unpaired) electrons. The van der Waals surface area contributed by atoms with Gasteiger partial charge in [-0.25, -0.2) is 8.42 Å². The highest BCUT2D eigenvalue weighted by Gasteiger charge is 2.31. The Morgan fingerprint density at radius 3 is 2.50 bits per heavy atom. The van der Waals surface area contributed by atoms with E-state index in [-0.39, 0.29) is 16.9 Å². The first-order valence-corrected chi connectivity index (χ1v) is 8.79. The first kappa shape index (κ1) is 15.8. The van der Waals surface area contributed by atoms with E-state index in [0.29, 0.717) is 36.1 Å². The third kappa shape index (κ3) is 3.16. The van der Waals surface area contributed by atoms with Crippen LogP contribution in [-0.2, 0) is 10.0 Å². The highest BCUT2D eigenvalue weighted by atomic mass is 79.9. The summed E-state index contributed by atoms with van der Waals surface area (Å²) in [5, 5.41) is 9.56. The van der Waals surface area contributed by atoms with Gasteiger partial charge in [-0.1, -0.05) is 0 Å². The van der Waals surface area contributed by atoms with Crippen LogP contribution in [0.25, 0.3) is 0 Å². The van der Waals surface area contributed by atoms with Gasteiger partial charge in [-0.15, -0.1) is 0 Å². The zero-order valence-electron chi connectivity index (χ0n) is 11.3. The summed E-state index contributed by atoms with van der Waals surface area (Å²) in [5.41, 5.74) is 6.15. The lowest BCUT2D eigenvalue weighted by Gasteiger charge is -2.32. The maximum Gasteiger partial charge on any atom is 0.243 e. The number of aliphatic hydroxyl groups is 1. The number of hydrogen-bond acceptors (Lipinski definition) is 4. The minimum absolute atomic E-state index is 0.177. The summed E-state index contributed by atoms with van der Waals surface area (Å²) < 4.78 is 27.2. The fourth-order valence-corrected chi connectivity index (χ4v) is 4.18. The Morgan fingerprint density at radius 2 is 2.00 bits per heavy atom. The van der Waals surface area contributed by atoms with E-state index in [1.807, 2.05) is 0 Å². The number of anilines is 1. The number of benzene rings is 1. The molecule has 5 nitrogen and oxygen atoms in total. The molecule has 7 heteroatoms. The second-order valence-electron chi connectivity index (χ2n) is 5.17. The van der Waals surface area contributed by atoms with Crippen LogP contribution in [0.5, 0.6) is 0 Å². The average molecular weight is 363 g/mol. The maximum atomic E-state index is 12.5. The van der Waals surface area contributed by atoms with E-state index in [9.17, 15) is 13.5 Å². The number of nitrogens with zero attached hydrogens (tertiary/aromatic N) is 1. The van der Waals surface area contributed by atoms with E-state index in [2.05, 4.69) is 15.9 Å². The van der Waals surface area contributed by atoms with Crippen LogP contribution in [0.15, 0.2) is 27.6 Å². The quantitative estimate of drug-likeness (QED) is 0.803. The molecule has 112 valence electrons. The van der Waals surface area contributed by atoms with Crippen molar-refractivity contribution >= 4 is 31.6 Å². The number of aliphatic hydroxyl groups excluding tert-OH is 1. The van der Waals surface area contributed by atoms with Crippen molar-refractivity contribution in [2.75, 3.05) is 18.8 Å². The van der Waals surface area contributed by atoms with E-state index in [0.717, 1.165) is 0 Å². The molecule has 1 atom stereocenters. The smallest absolute Gasteiger partial charge is 0.243 e. The number of piperidine rings is 1. The largest absolute Gasteiger partial charge is 0.398 e. The van der Waals surface area contributed by atoms with Gasteiger partial charge >= 0.3 is 0 Å². The number of rotatable bonds is 3. The Hall–Kier alpha value is -0.630. The Balaban J connectivity index is 2.17. The van der Waals surface area contributed by atoms with Crippen LogP contribution < -0.4 is 5.73 Å². The second-order valence-corrected chi connectivity index (χ2v) is 7.96. The molecule has 1 heterocycles. The van der Waals surface area contributed by atoms with E-state index in [4.69, 9.17) is 5.73 Å². The van der Waals surface area contributed by atoms with Gasteiger partial charge in [-0.2, -0.15) is 4.31 Å². The maximum absolute atomic E-state index is 12.5. The average Bonchev–Trinajstić information content (AvgIpc) is 2.41. The molecule has 0 aliphatic carbocycles. The molecule has 0 amide bonds. The van der Waals surface area contributed by atoms with Crippen molar-refractivity contribution in [1.29, 1.82) is 0 Å². The lowest BCUT2D eigenvalue weighted by Crippen LogP contribution is -2.40. The monoisotopic (exact) mass is 362 g/mol. The zero-order chi connectivity index (χ0) is 14.9. The predicted octanol–water partition coefficient (Wildman–Crippen LogP) is 1.81. The molecule has 0 spiro atoms. The highest BCUT2D eigenvalue weighted by Crippen LogP contribution is 2.28. The van der Waals surface area contributed by atoms with Crippen molar-refractivity contribution < 1.29 is 13.5 Å². The summed E-state index contributed by atoms with van der Waals surface area (Å²) in [7, 11) is -3.50. The van der Waals surface area contributed by atoms with Crippen LogP contribution in [0, 0.1) is 5.92 Å². The van der Waals surface area contributed by atoms with Gasteiger partial charge in [0, 0.05) is 23.2 Å². The summed E-state index contributed by atoms with van der Waals surface area (Å²) >= 11 is 3.25. The number of halogens is 1. The Morgan fingerprint density at radius 1 is 1.40 bits per heavy atom. The van der Waals surface area contributed by atoms with Crippen molar-refractivity contribution in [2.24, 2.45) is 5.92 Å². The van der Waals surface area contributed by atoms with E-state index < -0.39 is 10.0 Å². The van der Waals surface area contributed by atoms with Crippen LogP contribution >= 0.6 is 15.9 Å². The second kappa shape index (κ2) is 6.01. The minimum Gasteiger partial charge on any atom is -0.398 e. The molecular formula is C13H19BrN2O3S. The van der Waals surface area contributed by atoms with Crippen LogP contribution in [-0.4, -0.2) is 37.0 Å². The molecular weight excluding hydrogens is 344 g/mol. The van der Waals surface area contributed by atoms with E-state index in [1.54, 1.807) is 19.1 Å². The molecule has 1 saturated heterocycles. The molecule has 1 aromatic carbocycles. The van der Waals surface area contributed by atoms with Crippen molar-refractivity contribution in [1.82, 2.24) is 4.31 Å². The topological polar surface area (TPSA) is 83.6 Å². The fourth-order valence-electron chi connectivity index (χ4n) is 2.43. The lowest BCUT2D eigenvalue weighted by molar-refractivity contribution is 0.0912. The van der Waals surface area contributed by atoms with Crippen molar-refractivity contribution in [3.63, 3.8) is 0 Å². The van der Waals surface area contributed by atoms with Gasteiger partial charge in [0.15, 0.2) is 0 Å². The van der Waals surface area contributed by atoms with E-state index in [1.165, 1.54) is 10.4 Å². The van der Waals surface area contributed by atoms with Crippen molar-refractivity contribution in [3.8, 4) is 0 Å². The number of nitrogen functional groups attached to an aromatic ring is 1. The van der Waals surface area contributed by atoms with Crippen LogP contribution in [0.1, 0.15) is 19.8 Å². The number of hydrogen-bond donors (Lipinski definition) is 2. The standard InChI is InChI=1S/C13H19BrN2O3S/c1-9(17)10-4-6-16(7-5-10)20(18,19)11-2-3-12(14)13(15)8-11/h2-3,8-10,17H,4-7,15H2,1H3. The molecule has 2 rings (SSSR count). The van der Waals surface area contributed by atoms with Gasteiger partial charge in [0.25, 0.3) is 0 Å². The Kier molecular flexibility index (Phi) is 4.73. The van der Waals surface area contributed by atoms with Crippen molar-refractivity contribution in [3.05, 3.63) is 22.7 Å². The molecule has 20 heavy (non-hydrogen) atoms. The third-order valence-corrected chi connectivity index (χ3v) is 6.40. The summed E-state index contributed by atoms with van der Waals surface area (Å²) in [4.78, 5) is 0.216. The minimum atomic E-state index is -3.50. The Bertz CT molecular complexity index is 581. The molecule has 3 N–H and O–H groups in total. The van der Waals surface area contributed by atoms with Gasteiger partial charge in [-0.3, -0.25) is 0 Å². The molecule has 1 unspecified atom stereocenters. The molecule has 1 aliphatic heterocycles. The van der Waals surface area contributed by atoms with Crippen molar-refractivity contribution in [2.45, 2.75) is 30.8 Å². The van der Waals surface area contributed by atoms with Crippen LogP contribution in [0.3, 0.4) is 0 Å². The van der Waals surface area contributed by atoms with Crippen LogP contribution in [0.2, 0.25) is 0 Å². The molecule has 0 aromatic heterocycles. The third-order valence-electron chi connectivity index (χ3n) is 3.79.